The van der Waals surface area contributed by atoms with Crippen molar-refractivity contribution in [2.24, 2.45) is 0 Å². The van der Waals surface area contributed by atoms with Gasteiger partial charge in [0.15, 0.2) is 5.76 Å². The number of carbonyl (C=O) groups excluding carboxylic acids is 1. The normalized spacial score (nSPS) is 11.8. The second-order valence-electron chi connectivity index (χ2n) is 4.35. The first-order valence-corrected chi connectivity index (χ1v) is 6.28. The third-order valence-corrected chi connectivity index (χ3v) is 2.90. The number of nitrogens with one attached hydrogen (secondary N) is 1. The molecule has 20 heavy (non-hydrogen) atoms. The SMILES string of the molecule is O=C(O)CCC(NC(=O)c1ccco1)c1ccccc1. The summed E-state index contributed by atoms with van der Waals surface area (Å²) in [6.07, 6.45) is 1.73. The quantitative estimate of drug-likeness (QED) is 0.847. The lowest BCUT2D eigenvalue weighted by molar-refractivity contribution is -0.137. The predicted octanol–water partition coefficient (Wildman–Crippen LogP) is 2.62. The maximum absolute atomic E-state index is 12.0. The van der Waals surface area contributed by atoms with E-state index in [0.717, 1.165) is 5.56 Å². The molecule has 5 nitrogen and oxygen atoms in total. The lowest BCUT2D eigenvalue weighted by Crippen LogP contribution is -2.28. The molecule has 0 radical (unpaired) electrons. The Labute approximate surface area is 116 Å². The summed E-state index contributed by atoms with van der Waals surface area (Å²) in [6.45, 7) is 0. The first kappa shape index (κ1) is 13.9. The Morgan fingerprint density at radius 3 is 2.50 bits per heavy atom. The fourth-order valence-corrected chi connectivity index (χ4v) is 1.91. The molecule has 2 rings (SSSR count). The molecule has 0 spiro atoms. The molecule has 0 bridgehead atoms. The third kappa shape index (κ3) is 3.71. The zero-order chi connectivity index (χ0) is 14.4. The van der Waals surface area contributed by atoms with Gasteiger partial charge in [0.2, 0.25) is 0 Å². The van der Waals surface area contributed by atoms with E-state index in [9.17, 15) is 9.59 Å². The zero-order valence-corrected chi connectivity index (χ0v) is 10.8. The molecule has 1 amide bonds. The number of hydrogen-bond donors (Lipinski definition) is 2. The highest BCUT2D eigenvalue weighted by atomic mass is 16.4. The molecule has 0 aliphatic carbocycles. The van der Waals surface area contributed by atoms with Gasteiger partial charge < -0.3 is 14.8 Å². The number of benzene rings is 1. The minimum absolute atomic E-state index is 0.0159. The summed E-state index contributed by atoms with van der Waals surface area (Å²) >= 11 is 0. The largest absolute Gasteiger partial charge is 0.481 e. The highest BCUT2D eigenvalue weighted by Crippen LogP contribution is 2.19. The summed E-state index contributed by atoms with van der Waals surface area (Å²) in [5.74, 6) is -1.03. The van der Waals surface area contributed by atoms with E-state index >= 15 is 0 Å². The van der Waals surface area contributed by atoms with Crippen molar-refractivity contribution in [1.29, 1.82) is 0 Å². The standard InChI is InChI=1S/C15H15NO4/c17-14(18)9-8-12(11-5-2-1-3-6-11)16-15(19)13-7-4-10-20-13/h1-7,10,12H,8-9H2,(H,16,19)(H,17,18). The molecule has 1 atom stereocenters. The van der Waals surface area contributed by atoms with Crippen molar-refractivity contribution in [2.75, 3.05) is 0 Å². The third-order valence-electron chi connectivity index (χ3n) is 2.90. The van der Waals surface area contributed by atoms with Gasteiger partial charge in [-0.3, -0.25) is 9.59 Å². The number of carboxylic acid groups (broad SMARTS) is 1. The van der Waals surface area contributed by atoms with Gasteiger partial charge in [0.05, 0.1) is 12.3 Å². The van der Waals surface area contributed by atoms with E-state index in [-0.39, 0.29) is 24.1 Å². The van der Waals surface area contributed by atoms with E-state index in [1.807, 2.05) is 30.3 Å². The van der Waals surface area contributed by atoms with Gasteiger partial charge in [-0.05, 0) is 24.1 Å². The number of aliphatic carboxylic acids is 1. The summed E-state index contributed by atoms with van der Waals surface area (Å²) in [7, 11) is 0. The van der Waals surface area contributed by atoms with Crippen LogP contribution in [0.1, 0.15) is 35.0 Å². The number of carbonyl (C=O) groups is 2. The van der Waals surface area contributed by atoms with Crippen LogP contribution in [0, 0.1) is 0 Å². The number of hydrogen-bond acceptors (Lipinski definition) is 3. The number of amides is 1. The van der Waals surface area contributed by atoms with E-state index in [2.05, 4.69) is 5.32 Å². The van der Waals surface area contributed by atoms with E-state index < -0.39 is 5.97 Å². The van der Waals surface area contributed by atoms with Crippen LogP contribution < -0.4 is 5.32 Å². The van der Waals surface area contributed by atoms with Crippen LogP contribution in [0.4, 0.5) is 0 Å². The summed E-state index contributed by atoms with van der Waals surface area (Å²) in [6, 6.07) is 12.1. The first-order valence-electron chi connectivity index (χ1n) is 6.28. The Bertz CT molecular complexity index is 563. The molecule has 5 heteroatoms. The maximum Gasteiger partial charge on any atom is 0.303 e. The summed E-state index contributed by atoms with van der Waals surface area (Å²) < 4.78 is 5.03. The number of rotatable bonds is 6. The average molecular weight is 273 g/mol. The average Bonchev–Trinajstić information content (AvgIpc) is 2.98. The van der Waals surface area contributed by atoms with Gasteiger partial charge >= 0.3 is 5.97 Å². The van der Waals surface area contributed by atoms with Crippen LogP contribution in [-0.4, -0.2) is 17.0 Å². The second kappa shape index (κ2) is 6.56. The van der Waals surface area contributed by atoms with Crippen molar-refractivity contribution >= 4 is 11.9 Å². The van der Waals surface area contributed by atoms with Gasteiger partial charge in [-0.1, -0.05) is 30.3 Å². The van der Waals surface area contributed by atoms with Crippen LogP contribution in [0.3, 0.4) is 0 Å². The highest BCUT2D eigenvalue weighted by Gasteiger charge is 2.18. The molecule has 104 valence electrons. The Kier molecular flexibility index (Phi) is 4.55. The minimum atomic E-state index is -0.891. The van der Waals surface area contributed by atoms with E-state index in [0.29, 0.717) is 6.42 Å². The Morgan fingerprint density at radius 1 is 1.15 bits per heavy atom. The van der Waals surface area contributed by atoms with Crippen molar-refractivity contribution in [3.8, 4) is 0 Å². The van der Waals surface area contributed by atoms with Gasteiger partial charge in [0.1, 0.15) is 0 Å². The molecule has 0 fully saturated rings. The van der Waals surface area contributed by atoms with Crippen LogP contribution in [0.15, 0.2) is 53.1 Å². The van der Waals surface area contributed by atoms with Crippen molar-refractivity contribution < 1.29 is 19.1 Å². The molecule has 1 unspecified atom stereocenters. The molecule has 0 saturated heterocycles. The molecule has 0 aliphatic heterocycles. The predicted molar refractivity (Wildman–Crippen MR) is 72.2 cm³/mol. The van der Waals surface area contributed by atoms with Crippen LogP contribution in [0.2, 0.25) is 0 Å². The van der Waals surface area contributed by atoms with E-state index in [1.54, 1.807) is 12.1 Å². The van der Waals surface area contributed by atoms with Gasteiger partial charge in [0.25, 0.3) is 5.91 Å². The van der Waals surface area contributed by atoms with Gasteiger partial charge in [-0.2, -0.15) is 0 Å². The lowest BCUT2D eigenvalue weighted by Gasteiger charge is -2.17. The Morgan fingerprint density at radius 2 is 1.90 bits per heavy atom. The van der Waals surface area contributed by atoms with Crippen LogP contribution in [0.5, 0.6) is 0 Å². The van der Waals surface area contributed by atoms with E-state index in [4.69, 9.17) is 9.52 Å². The highest BCUT2D eigenvalue weighted by molar-refractivity contribution is 5.91. The molecule has 2 N–H and O–H groups in total. The van der Waals surface area contributed by atoms with Crippen molar-refractivity contribution in [2.45, 2.75) is 18.9 Å². The fourth-order valence-electron chi connectivity index (χ4n) is 1.91. The molecule has 1 aromatic heterocycles. The fraction of sp³-hybridized carbons (Fsp3) is 0.200. The van der Waals surface area contributed by atoms with Crippen LogP contribution in [-0.2, 0) is 4.79 Å². The van der Waals surface area contributed by atoms with Gasteiger partial charge in [0, 0.05) is 6.42 Å². The molecule has 0 saturated carbocycles. The molecular weight excluding hydrogens is 258 g/mol. The minimum Gasteiger partial charge on any atom is -0.481 e. The van der Waals surface area contributed by atoms with Crippen molar-refractivity contribution in [3.63, 3.8) is 0 Å². The Hall–Kier alpha value is -2.56. The molecule has 1 aromatic carbocycles. The summed E-state index contributed by atoms with van der Waals surface area (Å²) in [5, 5.41) is 11.6. The van der Waals surface area contributed by atoms with Crippen LogP contribution in [0.25, 0.3) is 0 Å². The molecule has 1 heterocycles. The second-order valence-corrected chi connectivity index (χ2v) is 4.35. The number of furan rings is 1. The Balaban J connectivity index is 2.10. The summed E-state index contributed by atoms with van der Waals surface area (Å²) in [5.41, 5.74) is 0.869. The smallest absolute Gasteiger partial charge is 0.303 e. The lowest BCUT2D eigenvalue weighted by atomic mass is 10.0. The molecule has 0 aliphatic rings. The zero-order valence-electron chi connectivity index (χ0n) is 10.8. The van der Waals surface area contributed by atoms with Gasteiger partial charge in [-0.25, -0.2) is 0 Å². The van der Waals surface area contributed by atoms with Crippen molar-refractivity contribution in [1.82, 2.24) is 5.32 Å². The molecular formula is C15H15NO4. The summed E-state index contributed by atoms with van der Waals surface area (Å²) in [4.78, 5) is 22.7. The van der Waals surface area contributed by atoms with Gasteiger partial charge in [-0.15, -0.1) is 0 Å². The number of carboxylic acids is 1. The van der Waals surface area contributed by atoms with Crippen molar-refractivity contribution in [3.05, 3.63) is 60.1 Å². The van der Waals surface area contributed by atoms with E-state index in [1.165, 1.54) is 6.26 Å². The maximum atomic E-state index is 12.0. The topological polar surface area (TPSA) is 79.5 Å². The first-order chi connectivity index (χ1) is 9.66. The monoisotopic (exact) mass is 273 g/mol. The molecule has 2 aromatic rings. The van der Waals surface area contributed by atoms with Crippen LogP contribution >= 0.6 is 0 Å².